The molecule has 3 nitrogen and oxygen atoms in total. The van der Waals surface area contributed by atoms with Gasteiger partial charge in [-0.25, -0.2) is 0 Å². The Bertz CT molecular complexity index is 404. The fourth-order valence-corrected chi connectivity index (χ4v) is 1.79. The predicted octanol–water partition coefficient (Wildman–Crippen LogP) is 2.73. The lowest BCUT2D eigenvalue weighted by Gasteiger charge is -2.22. The molecule has 1 N–H and O–H groups in total. The normalized spacial score (nSPS) is 11.4. The summed E-state index contributed by atoms with van der Waals surface area (Å²) in [7, 11) is 1.86. The summed E-state index contributed by atoms with van der Waals surface area (Å²) >= 11 is 0. The molecule has 0 radical (unpaired) electrons. The maximum atomic E-state index is 12.0. The van der Waals surface area contributed by atoms with Gasteiger partial charge >= 0.3 is 0 Å². The zero-order valence-electron chi connectivity index (χ0n) is 12.8. The van der Waals surface area contributed by atoms with Gasteiger partial charge < -0.3 is 10.2 Å². The highest BCUT2D eigenvalue weighted by atomic mass is 16.2. The van der Waals surface area contributed by atoms with E-state index in [1.807, 2.05) is 7.05 Å². The Balaban J connectivity index is 2.38. The van der Waals surface area contributed by atoms with Gasteiger partial charge in [-0.15, -0.1) is 0 Å². The second kappa shape index (κ2) is 6.71. The first-order valence-electron chi connectivity index (χ1n) is 6.82. The van der Waals surface area contributed by atoms with E-state index in [9.17, 15) is 4.79 Å². The smallest absolute Gasteiger partial charge is 0.223 e. The Morgan fingerprint density at radius 2 is 1.79 bits per heavy atom. The molecule has 0 saturated carbocycles. The highest BCUT2D eigenvalue weighted by Crippen LogP contribution is 2.07. The lowest BCUT2D eigenvalue weighted by molar-refractivity contribution is -0.130. The van der Waals surface area contributed by atoms with E-state index in [2.05, 4.69) is 57.3 Å². The third-order valence-corrected chi connectivity index (χ3v) is 2.96. The largest absolute Gasteiger partial charge is 0.341 e. The standard InChI is InChI=1S/C16H26N2O/c1-13-6-8-14(9-7-13)12-18(5)15(19)10-11-17-16(2,3)4/h6-9,17H,10-12H2,1-5H3. The maximum Gasteiger partial charge on any atom is 0.223 e. The van der Waals surface area contributed by atoms with Crippen molar-refractivity contribution in [3.8, 4) is 0 Å². The van der Waals surface area contributed by atoms with Gasteiger partial charge in [-0.05, 0) is 33.3 Å². The van der Waals surface area contributed by atoms with E-state index < -0.39 is 0 Å². The average Bonchev–Trinajstić information content (AvgIpc) is 2.30. The first-order valence-corrected chi connectivity index (χ1v) is 6.82. The molecule has 0 spiro atoms. The number of rotatable bonds is 5. The molecular weight excluding hydrogens is 236 g/mol. The van der Waals surface area contributed by atoms with Crippen molar-refractivity contribution in [3.63, 3.8) is 0 Å². The number of nitrogens with zero attached hydrogens (tertiary/aromatic N) is 1. The number of aryl methyl sites for hydroxylation is 1. The van der Waals surface area contributed by atoms with Crippen LogP contribution in [0.3, 0.4) is 0 Å². The SMILES string of the molecule is Cc1ccc(CN(C)C(=O)CCNC(C)(C)C)cc1. The molecule has 0 heterocycles. The van der Waals surface area contributed by atoms with Crippen LogP contribution in [0.1, 0.15) is 38.3 Å². The van der Waals surface area contributed by atoms with Gasteiger partial charge in [0, 0.05) is 32.1 Å². The highest BCUT2D eigenvalue weighted by molar-refractivity contribution is 5.76. The molecule has 0 fully saturated rings. The maximum absolute atomic E-state index is 12.0. The number of carbonyl (C=O) groups is 1. The molecular formula is C16H26N2O. The third kappa shape index (κ3) is 6.39. The second-order valence-corrected chi connectivity index (χ2v) is 6.16. The number of amides is 1. The summed E-state index contributed by atoms with van der Waals surface area (Å²) in [6, 6.07) is 8.31. The molecule has 0 aromatic heterocycles. The van der Waals surface area contributed by atoms with Crippen molar-refractivity contribution in [1.29, 1.82) is 0 Å². The molecule has 106 valence electrons. The third-order valence-electron chi connectivity index (χ3n) is 2.96. The van der Waals surface area contributed by atoms with E-state index in [4.69, 9.17) is 0 Å². The fraction of sp³-hybridized carbons (Fsp3) is 0.562. The van der Waals surface area contributed by atoms with Gasteiger partial charge in [-0.3, -0.25) is 4.79 Å². The Morgan fingerprint density at radius 3 is 2.32 bits per heavy atom. The molecule has 0 unspecified atom stereocenters. The molecule has 1 rings (SSSR count). The lowest BCUT2D eigenvalue weighted by atomic mass is 10.1. The first kappa shape index (κ1) is 15.7. The fourth-order valence-electron chi connectivity index (χ4n) is 1.79. The topological polar surface area (TPSA) is 32.3 Å². The zero-order chi connectivity index (χ0) is 14.5. The molecule has 19 heavy (non-hydrogen) atoms. The van der Waals surface area contributed by atoms with Crippen molar-refractivity contribution < 1.29 is 4.79 Å². The molecule has 0 bridgehead atoms. The molecule has 1 aromatic rings. The Kier molecular flexibility index (Phi) is 5.55. The van der Waals surface area contributed by atoms with Crippen LogP contribution in [0.5, 0.6) is 0 Å². The molecule has 3 heteroatoms. The van der Waals surface area contributed by atoms with Gasteiger partial charge in [0.1, 0.15) is 0 Å². The highest BCUT2D eigenvalue weighted by Gasteiger charge is 2.12. The average molecular weight is 262 g/mol. The summed E-state index contributed by atoms with van der Waals surface area (Å²) in [5.74, 6) is 0.178. The molecule has 0 atom stereocenters. The summed E-state index contributed by atoms with van der Waals surface area (Å²) in [6.45, 7) is 9.78. The van der Waals surface area contributed by atoms with Crippen LogP contribution in [0, 0.1) is 6.92 Å². The Hall–Kier alpha value is -1.35. The van der Waals surface area contributed by atoms with Crippen molar-refractivity contribution in [3.05, 3.63) is 35.4 Å². The Morgan fingerprint density at radius 1 is 1.21 bits per heavy atom. The van der Waals surface area contributed by atoms with E-state index in [0.717, 1.165) is 6.54 Å². The monoisotopic (exact) mass is 262 g/mol. The second-order valence-electron chi connectivity index (χ2n) is 6.16. The van der Waals surface area contributed by atoms with Crippen molar-refractivity contribution in [2.45, 2.75) is 46.2 Å². The van der Waals surface area contributed by atoms with Gasteiger partial charge in [0.05, 0.1) is 0 Å². The molecule has 0 aliphatic rings. The van der Waals surface area contributed by atoms with Crippen molar-refractivity contribution in [2.24, 2.45) is 0 Å². The van der Waals surface area contributed by atoms with Crippen LogP contribution >= 0.6 is 0 Å². The van der Waals surface area contributed by atoms with E-state index in [1.165, 1.54) is 11.1 Å². The van der Waals surface area contributed by atoms with Gasteiger partial charge in [0.15, 0.2) is 0 Å². The van der Waals surface area contributed by atoms with Crippen LogP contribution in [-0.2, 0) is 11.3 Å². The van der Waals surface area contributed by atoms with E-state index in [1.54, 1.807) is 4.90 Å². The van der Waals surface area contributed by atoms with Gasteiger partial charge in [-0.2, -0.15) is 0 Å². The molecule has 0 saturated heterocycles. The minimum Gasteiger partial charge on any atom is -0.341 e. The van der Waals surface area contributed by atoms with Crippen LogP contribution < -0.4 is 5.32 Å². The minimum absolute atomic E-state index is 0.0653. The molecule has 1 amide bonds. The number of benzene rings is 1. The van der Waals surface area contributed by atoms with Crippen LogP contribution in [0.2, 0.25) is 0 Å². The minimum atomic E-state index is 0.0653. The van der Waals surface area contributed by atoms with Crippen molar-refractivity contribution in [2.75, 3.05) is 13.6 Å². The summed E-state index contributed by atoms with van der Waals surface area (Å²) in [5, 5.41) is 3.33. The van der Waals surface area contributed by atoms with Crippen LogP contribution in [0.4, 0.5) is 0 Å². The van der Waals surface area contributed by atoms with Crippen molar-refractivity contribution in [1.82, 2.24) is 10.2 Å². The van der Waals surface area contributed by atoms with Crippen molar-refractivity contribution >= 4 is 5.91 Å². The summed E-state index contributed by atoms with van der Waals surface area (Å²) < 4.78 is 0. The predicted molar refractivity (Wildman–Crippen MR) is 80.0 cm³/mol. The van der Waals surface area contributed by atoms with E-state index in [0.29, 0.717) is 13.0 Å². The first-order chi connectivity index (χ1) is 8.78. The van der Waals surface area contributed by atoms with Crippen LogP contribution in [0.15, 0.2) is 24.3 Å². The van der Waals surface area contributed by atoms with Gasteiger partial charge in [0.25, 0.3) is 0 Å². The van der Waals surface area contributed by atoms with E-state index in [-0.39, 0.29) is 11.4 Å². The van der Waals surface area contributed by atoms with E-state index >= 15 is 0 Å². The summed E-state index contributed by atoms with van der Waals surface area (Å²) in [6.07, 6.45) is 0.541. The van der Waals surface area contributed by atoms with Gasteiger partial charge in [0.2, 0.25) is 5.91 Å². The molecule has 1 aromatic carbocycles. The summed E-state index contributed by atoms with van der Waals surface area (Å²) in [5.41, 5.74) is 2.48. The lowest BCUT2D eigenvalue weighted by Crippen LogP contribution is -2.38. The molecule has 0 aliphatic carbocycles. The number of nitrogens with one attached hydrogen (secondary N) is 1. The van der Waals surface area contributed by atoms with Crippen LogP contribution in [0.25, 0.3) is 0 Å². The van der Waals surface area contributed by atoms with Crippen LogP contribution in [-0.4, -0.2) is 29.9 Å². The number of carbonyl (C=O) groups excluding carboxylic acids is 1. The molecule has 0 aliphatic heterocycles. The van der Waals surface area contributed by atoms with Gasteiger partial charge in [-0.1, -0.05) is 29.8 Å². The number of hydrogen-bond donors (Lipinski definition) is 1. The zero-order valence-corrected chi connectivity index (χ0v) is 12.8. The Labute approximate surface area is 117 Å². The number of hydrogen-bond acceptors (Lipinski definition) is 2. The quantitative estimate of drug-likeness (QED) is 0.885. The summed E-state index contributed by atoms with van der Waals surface area (Å²) in [4.78, 5) is 13.8.